The van der Waals surface area contributed by atoms with Crippen LogP contribution in [0.15, 0.2) is 27.3 Å². The number of hydrogen-bond donors (Lipinski definition) is 0. The fourth-order valence-electron chi connectivity index (χ4n) is 3.56. The number of fused-ring (bicyclic) bond motifs is 1. The number of carbonyl (C=O) groups excluding carboxylic acids is 2. The molecule has 0 bridgehead atoms. The van der Waals surface area contributed by atoms with Gasteiger partial charge in [-0.3, -0.25) is 9.59 Å². The van der Waals surface area contributed by atoms with Crippen molar-refractivity contribution in [3.05, 3.63) is 41.2 Å². The third kappa shape index (κ3) is 2.94. The topological polar surface area (TPSA) is 79.8 Å². The number of amides is 2. The lowest BCUT2D eigenvalue weighted by atomic mass is 9.88. The van der Waals surface area contributed by atoms with E-state index in [1.807, 2.05) is 0 Å². The zero-order valence-corrected chi connectivity index (χ0v) is 14.2. The molecule has 4 rings (SSSR count). The van der Waals surface area contributed by atoms with Crippen LogP contribution in [0.25, 0.3) is 0 Å². The van der Waals surface area contributed by atoms with E-state index in [2.05, 4.69) is 12.1 Å². The molecular weight excluding hydrogens is 322 g/mol. The molecule has 2 aromatic heterocycles. The van der Waals surface area contributed by atoms with Gasteiger partial charge in [0.15, 0.2) is 11.5 Å². The molecular formula is C18H21N3O4. The van der Waals surface area contributed by atoms with Crippen LogP contribution in [0.1, 0.15) is 45.7 Å². The van der Waals surface area contributed by atoms with Gasteiger partial charge in [-0.2, -0.15) is 0 Å². The SMILES string of the molecule is C[C@H]1CCc2onc(C(=O)N3CCN(C(=O)c4ccco4)CC3)c2C1. The number of aryl methyl sites for hydroxylation is 1. The van der Waals surface area contributed by atoms with Crippen LogP contribution < -0.4 is 0 Å². The Balaban J connectivity index is 1.42. The predicted molar refractivity (Wildman–Crippen MR) is 88.2 cm³/mol. The second-order valence-electron chi connectivity index (χ2n) is 6.84. The molecule has 2 aromatic rings. The molecule has 0 aromatic carbocycles. The van der Waals surface area contributed by atoms with Gasteiger partial charge in [0.2, 0.25) is 0 Å². The van der Waals surface area contributed by atoms with Crippen molar-refractivity contribution < 1.29 is 18.5 Å². The Morgan fingerprint density at radius 2 is 1.88 bits per heavy atom. The normalized spacial score (nSPS) is 20.4. The molecule has 0 radical (unpaired) electrons. The van der Waals surface area contributed by atoms with Crippen LogP contribution in [0.4, 0.5) is 0 Å². The second-order valence-corrected chi connectivity index (χ2v) is 6.84. The smallest absolute Gasteiger partial charge is 0.289 e. The number of carbonyl (C=O) groups is 2. The van der Waals surface area contributed by atoms with Crippen LogP contribution in [0.2, 0.25) is 0 Å². The maximum atomic E-state index is 12.8. The summed E-state index contributed by atoms with van der Waals surface area (Å²) in [6.45, 7) is 4.14. The minimum Gasteiger partial charge on any atom is -0.459 e. The summed E-state index contributed by atoms with van der Waals surface area (Å²) < 4.78 is 10.5. The summed E-state index contributed by atoms with van der Waals surface area (Å²) in [7, 11) is 0. The minimum atomic E-state index is -0.135. The zero-order valence-electron chi connectivity index (χ0n) is 14.2. The number of hydrogen-bond acceptors (Lipinski definition) is 5. The van der Waals surface area contributed by atoms with Gasteiger partial charge in [0.1, 0.15) is 5.76 Å². The number of nitrogens with zero attached hydrogens (tertiary/aromatic N) is 3. The third-order valence-corrected chi connectivity index (χ3v) is 5.07. The van der Waals surface area contributed by atoms with Crippen molar-refractivity contribution in [2.45, 2.75) is 26.2 Å². The first-order valence-corrected chi connectivity index (χ1v) is 8.73. The Kier molecular flexibility index (Phi) is 4.07. The summed E-state index contributed by atoms with van der Waals surface area (Å²) in [6, 6.07) is 3.35. The molecule has 132 valence electrons. The average Bonchev–Trinajstić information content (AvgIpc) is 3.30. The molecule has 7 heteroatoms. The highest BCUT2D eigenvalue weighted by molar-refractivity contribution is 5.94. The quantitative estimate of drug-likeness (QED) is 0.833. The maximum Gasteiger partial charge on any atom is 0.289 e. The van der Waals surface area contributed by atoms with Gasteiger partial charge in [-0.15, -0.1) is 0 Å². The molecule has 1 aliphatic heterocycles. The molecule has 7 nitrogen and oxygen atoms in total. The summed E-state index contributed by atoms with van der Waals surface area (Å²) in [5, 5.41) is 4.04. The summed E-state index contributed by atoms with van der Waals surface area (Å²) in [6.07, 6.45) is 4.25. The number of piperazine rings is 1. The largest absolute Gasteiger partial charge is 0.459 e. The molecule has 0 unspecified atom stereocenters. The van der Waals surface area contributed by atoms with Gasteiger partial charge in [0, 0.05) is 38.2 Å². The van der Waals surface area contributed by atoms with Gasteiger partial charge in [0.05, 0.1) is 6.26 Å². The van der Waals surface area contributed by atoms with E-state index in [1.165, 1.54) is 6.26 Å². The molecule has 0 saturated carbocycles. The van der Waals surface area contributed by atoms with Crippen molar-refractivity contribution in [1.82, 2.24) is 15.0 Å². The monoisotopic (exact) mass is 343 g/mol. The second kappa shape index (κ2) is 6.38. The van der Waals surface area contributed by atoms with Crippen LogP contribution >= 0.6 is 0 Å². The molecule has 0 spiro atoms. The van der Waals surface area contributed by atoms with Gasteiger partial charge in [-0.1, -0.05) is 12.1 Å². The summed E-state index contributed by atoms with van der Waals surface area (Å²) in [5.74, 6) is 1.50. The van der Waals surface area contributed by atoms with Gasteiger partial charge in [-0.25, -0.2) is 0 Å². The van der Waals surface area contributed by atoms with E-state index in [-0.39, 0.29) is 11.8 Å². The van der Waals surface area contributed by atoms with Gasteiger partial charge < -0.3 is 18.7 Å². The molecule has 1 aliphatic carbocycles. The van der Waals surface area contributed by atoms with Crippen LogP contribution in [-0.2, 0) is 12.8 Å². The van der Waals surface area contributed by atoms with Crippen LogP contribution in [-0.4, -0.2) is 52.9 Å². The standard InChI is InChI=1S/C18H21N3O4/c1-12-4-5-14-13(11-12)16(19-25-14)18(23)21-8-6-20(7-9-21)17(22)15-3-2-10-24-15/h2-3,10,12H,4-9,11H2,1H3/t12-/m0/s1. The maximum absolute atomic E-state index is 12.8. The van der Waals surface area contributed by atoms with Crippen molar-refractivity contribution in [2.24, 2.45) is 5.92 Å². The van der Waals surface area contributed by atoms with E-state index >= 15 is 0 Å². The van der Waals surface area contributed by atoms with Gasteiger partial charge >= 0.3 is 0 Å². The van der Waals surface area contributed by atoms with Crippen molar-refractivity contribution >= 4 is 11.8 Å². The van der Waals surface area contributed by atoms with Crippen molar-refractivity contribution in [3.8, 4) is 0 Å². The lowest BCUT2D eigenvalue weighted by Gasteiger charge is -2.34. The highest BCUT2D eigenvalue weighted by Crippen LogP contribution is 2.28. The molecule has 1 saturated heterocycles. The lowest BCUT2D eigenvalue weighted by Crippen LogP contribution is -2.50. The zero-order chi connectivity index (χ0) is 17.4. The fourth-order valence-corrected chi connectivity index (χ4v) is 3.56. The van der Waals surface area contributed by atoms with Crippen LogP contribution in [0.3, 0.4) is 0 Å². The Labute approximate surface area is 145 Å². The Bertz CT molecular complexity index is 772. The van der Waals surface area contributed by atoms with E-state index in [0.29, 0.717) is 43.6 Å². The van der Waals surface area contributed by atoms with Crippen molar-refractivity contribution in [1.29, 1.82) is 0 Å². The van der Waals surface area contributed by atoms with E-state index in [9.17, 15) is 9.59 Å². The fraction of sp³-hybridized carbons (Fsp3) is 0.500. The average molecular weight is 343 g/mol. The number of aromatic nitrogens is 1. The van der Waals surface area contributed by atoms with E-state index in [4.69, 9.17) is 8.94 Å². The van der Waals surface area contributed by atoms with Gasteiger partial charge in [-0.05, 0) is 30.9 Å². The highest BCUT2D eigenvalue weighted by atomic mass is 16.5. The summed E-state index contributed by atoms with van der Waals surface area (Å²) >= 11 is 0. The third-order valence-electron chi connectivity index (χ3n) is 5.07. The highest BCUT2D eigenvalue weighted by Gasteiger charge is 2.32. The molecule has 1 atom stereocenters. The van der Waals surface area contributed by atoms with Gasteiger partial charge in [0.25, 0.3) is 11.8 Å². The molecule has 0 N–H and O–H groups in total. The first kappa shape index (κ1) is 15.9. The van der Waals surface area contributed by atoms with E-state index in [0.717, 1.165) is 30.6 Å². The predicted octanol–water partition coefficient (Wildman–Crippen LogP) is 1.99. The first-order chi connectivity index (χ1) is 12.1. The molecule has 2 amide bonds. The molecule has 2 aliphatic rings. The molecule has 3 heterocycles. The number of rotatable bonds is 2. The van der Waals surface area contributed by atoms with Crippen molar-refractivity contribution in [2.75, 3.05) is 26.2 Å². The molecule has 1 fully saturated rings. The summed E-state index contributed by atoms with van der Waals surface area (Å²) in [5.41, 5.74) is 1.42. The summed E-state index contributed by atoms with van der Waals surface area (Å²) in [4.78, 5) is 28.6. The Morgan fingerprint density at radius 3 is 2.56 bits per heavy atom. The van der Waals surface area contributed by atoms with Crippen LogP contribution in [0.5, 0.6) is 0 Å². The Hall–Kier alpha value is -2.57. The first-order valence-electron chi connectivity index (χ1n) is 8.73. The van der Waals surface area contributed by atoms with Crippen LogP contribution in [0, 0.1) is 5.92 Å². The minimum absolute atomic E-state index is 0.0933. The molecule has 25 heavy (non-hydrogen) atoms. The van der Waals surface area contributed by atoms with E-state index < -0.39 is 0 Å². The van der Waals surface area contributed by atoms with E-state index in [1.54, 1.807) is 21.9 Å². The lowest BCUT2D eigenvalue weighted by molar-refractivity contribution is 0.0512. The number of furan rings is 1. The Morgan fingerprint density at radius 1 is 1.16 bits per heavy atom. The van der Waals surface area contributed by atoms with Crippen molar-refractivity contribution in [3.63, 3.8) is 0 Å².